The van der Waals surface area contributed by atoms with Gasteiger partial charge in [0.1, 0.15) is 12.2 Å². The van der Waals surface area contributed by atoms with Crippen LogP contribution in [0.15, 0.2) is 36.4 Å². The first-order valence-electron chi connectivity index (χ1n) is 8.13. The number of amides is 1. The minimum absolute atomic E-state index is 0.374. The highest BCUT2D eigenvalue weighted by Crippen LogP contribution is 2.45. The average Bonchev–Trinajstić information content (AvgIpc) is 2.78. The molecule has 2 aromatic rings. The molecule has 0 radical (unpaired) electrons. The summed E-state index contributed by atoms with van der Waals surface area (Å²) in [7, 11) is 3.00. The van der Waals surface area contributed by atoms with E-state index in [1.54, 1.807) is 36.4 Å². The van der Waals surface area contributed by atoms with Crippen molar-refractivity contribution in [3.05, 3.63) is 52.5 Å². The van der Waals surface area contributed by atoms with Crippen LogP contribution in [0, 0.1) is 0 Å². The number of halogens is 1. The molecule has 0 saturated carbocycles. The van der Waals surface area contributed by atoms with Crippen LogP contribution in [0.2, 0.25) is 5.02 Å². The number of aliphatic carboxylic acids is 1. The molecular formula is C19H18ClNO6. The van der Waals surface area contributed by atoms with Gasteiger partial charge in [0.15, 0.2) is 11.5 Å². The van der Waals surface area contributed by atoms with Gasteiger partial charge in [-0.3, -0.25) is 9.59 Å². The Hall–Kier alpha value is -2.77. The number of carboxylic acids is 1. The van der Waals surface area contributed by atoms with E-state index in [1.807, 2.05) is 0 Å². The van der Waals surface area contributed by atoms with Gasteiger partial charge in [-0.15, -0.1) is 0 Å². The molecule has 2 unspecified atom stereocenters. The van der Waals surface area contributed by atoms with Crippen LogP contribution >= 0.6 is 11.6 Å². The van der Waals surface area contributed by atoms with Crippen molar-refractivity contribution in [3.63, 3.8) is 0 Å². The molecule has 0 spiro atoms. The minimum Gasteiger partial charge on any atom is -0.493 e. The number of hydrogen-bond donors (Lipinski definition) is 2. The summed E-state index contributed by atoms with van der Waals surface area (Å²) in [6, 6.07) is 10.3. The molecule has 0 aromatic heterocycles. The van der Waals surface area contributed by atoms with Crippen molar-refractivity contribution < 1.29 is 28.9 Å². The molecule has 0 aliphatic carbocycles. The summed E-state index contributed by atoms with van der Waals surface area (Å²) in [6.45, 7) is 0. The molecule has 1 amide bonds. The Morgan fingerprint density at radius 3 is 2.63 bits per heavy atom. The Balaban J connectivity index is 2.20. The summed E-state index contributed by atoms with van der Waals surface area (Å²) in [4.78, 5) is 23.7. The van der Waals surface area contributed by atoms with E-state index in [2.05, 4.69) is 5.32 Å². The Morgan fingerprint density at radius 2 is 1.96 bits per heavy atom. The third kappa shape index (κ3) is 3.70. The molecule has 8 heteroatoms. The van der Waals surface area contributed by atoms with Gasteiger partial charge in [0, 0.05) is 21.8 Å². The van der Waals surface area contributed by atoms with Gasteiger partial charge in [-0.2, -0.15) is 0 Å². The predicted octanol–water partition coefficient (Wildman–Crippen LogP) is 3.26. The zero-order valence-electron chi connectivity index (χ0n) is 14.7. The largest absolute Gasteiger partial charge is 0.493 e. The number of fused-ring (bicyclic) bond motifs is 1. The van der Waals surface area contributed by atoms with Crippen molar-refractivity contribution in [2.24, 2.45) is 0 Å². The molecule has 0 saturated heterocycles. The van der Waals surface area contributed by atoms with E-state index >= 15 is 0 Å². The predicted molar refractivity (Wildman–Crippen MR) is 98.6 cm³/mol. The van der Waals surface area contributed by atoms with Gasteiger partial charge in [0.25, 0.3) is 5.91 Å². The van der Waals surface area contributed by atoms with Crippen molar-refractivity contribution in [1.29, 1.82) is 0 Å². The van der Waals surface area contributed by atoms with E-state index in [0.29, 0.717) is 33.3 Å². The van der Waals surface area contributed by atoms with E-state index in [4.69, 9.17) is 30.9 Å². The number of ether oxygens (including phenoxy) is 3. The molecule has 2 N–H and O–H groups in total. The van der Waals surface area contributed by atoms with Crippen LogP contribution in [0.4, 0.5) is 5.69 Å². The number of carboxylic acid groups (broad SMARTS) is 1. The molecule has 1 aliphatic heterocycles. The molecule has 1 aliphatic rings. The fraction of sp³-hybridized carbons (Fsp3) is 0.263. The van der Waals surface area contributed by atoms with Crippen molar-refractivity contribution >= 4 is 29.2 Å². The lowest BCUT2D eigenvalue weighted by atomic mass is 9.98. The zero-order chi connectivity index (χ0) is 19.6. The molecule has 3 rings (SSSR count). The lowest BCUT2D eigenvalue weighted by Gasteiger charge is -2.24. The maximum Gasteiger partial charge on any atom is 0.306 e. The number of hydrogen-bond acceptors (Lipinski definition) is 5. The van der Waals surface area contributed by atoms with Gasteiger partial charge < -0.3 is 24.6 Å². The monoisotopic (exact) mass is 391 g/mol. The summed E-state index contributed by atoms with van der Waals surface area (Å²) >= 11 is 6.41. The number of benzene rings is 2. The van der Waals surface area contributed by atoms with Gasteiger partial charge in [-0.1, -0.05) is 29.8 Å². The molecule has 27 heavy (non-hydrogen) atoms. The Bertz CT molecular complexity index is 884. The highest BCUT2D eigenvalue weighted by atomic mass is 35.5. The third-order valence-corrected chi connectivity index (χ3v) is 4.57. The van der Waals surface area contributed by atoms with Gasteiger partial charge in [-0.25, -0.2) is 0 Å². The van der Waals surface area contributed by atoms with Gasteiger partial charge in [0.2, 0.25) is 0 Å². The lowest BCUT2D eigenvalue weighted by molar-refractivity contribution is -0.146. The molecular weight excluding hydrogens is 374 g/mol. The first kappa shape index (κ1) is 19.0. The van der Waals surface area contributed by atoms with Crippen LogP contribution < -0.4 is 14.8 Å². The zero-order valence-corrected chi connectivity index (χ0v) is 15.4. The second-order valence-corrected chi connectivity index (χ2v) is 6.28. The Kier molecular flexibility index (Phi) is 5.53. The fourth-order valence-electron chi connectivity index (χ4n) is 3.07. The number of rotatable bonds is 5. The summed E-state index contributed by atoms with van der Waals surface area (Å²) in [5.41, 5.74) is 1.54. The summed E-state index contributed by atoms with van der Waals surface area (Å²) < 4.78 is 16.8. The Labute approximate surface area is 160 Å². The van der Waals surface area contributed by atoms with Crippen LogP contribution in [0.1, 0.15) is 23.7 Å². The van der Waals surface area contributed by atoms with Crippen molar-refractivity contribution in [2.75, 3.05) is 19.5 Å². The molecule has 0 fully saturated rings. The van der Waals surface area contributed by atoms with Gasteiger partial charge in [0.05, 0.1) is 20.6 Å². The normalized spacial score (nSPS) is 18.9. The Morgan fingerprint density at radius 1 is 1.22 bits per heavy atom. The first-order valence-corrected chi connectivity index (χ1v) is 8.51. The highest BCUT2D eigenvalue weighted by Gasteiger charge is 2.36. The van der Waals surface area contributed by atoms with Crippen LogP contribution in [0.3, 0.4) is 0 Å². The van der Waals surface area contributed by atoms with E-state index in [1.165, 1.54) is 14.2 Å². The fourth-order valence-corrected chi connectivity index (χ4v) is 3.34. The molecule has 1 heterocycles. The molecule has 142 valence electrons. The van der Waals surface area contributed by atoms with Crippen molar-refractivity contribution in [1.82, 2.24) is 0 Å². The summed E-state index contributed by atoms with van der Waals surface area (Å²) in [6.07, 6.45) is -2.52. The average molecular weight is 392 g/mol. The van der Waals surface area contributed by atoms with Crippen molar-refractivity contribution in [2.45, 2.75) is 18.6 Å². The van der Waals surface area contributed by atoms with E-state index in [9.17, 15) is 9.59 Å². The smallest absolute Gasteiger partial charge is 0.306 e. The number of carbonyl (C=O) groups excluding carboxylic acids is 1. The maximum atomic E-state index is 12.5. The van der Waals surface area contributed by atoms with Crippen molar-refractivity contribution in [3.8, 4) is 11.5 Å². The third-order valence-electron chi connectivity index (χ3n) is 4.24. The van der Waals surface area contributed by atoms with Gasteiger partial charge >= 0.3 is 5.97 Å². The number of para-hydroxylation sites is 1. The minimum atomic E-state index is -1.20. The van der Waals surface area contributed by atoms with E-state index < -0.39 is 30.5 Å². The number of carbonyl (C=O) groups is 2. The van der Waals surface area contributed by atoms with E-state index in [-0.39, 0.29) is 0 Å². The van der Waals surface area contributed by atoms with Crippen LogP contribution in [0.25, 0.3) is 0 Å². The molecule has 7 nitrogen and oxygen atoms in total. The van der Waals surface area contributed by atoms with Crippen LogP contribution in [0.5, 0.6) is 11.5 Å². The van der Waals surface area contributed by atoms with Crippen LogP contribution in [-0.2, 0) is 14.3 Å². The number of nitrogens with one attached hydrogen (secondary N) is 1. The van der Waals surface area contributed by atoms with Gasteiger partial charge in [-0.05, 0) is 18.2 Å². The first-order chi connectivity index (χ1) is 13.0. The lowest BCUT2D eigenvalue weighted by Crippen LogP contribution is -2.31. The topological polar surface area (TPSA) is 94.1 Å². The summed E-state index contributed by atoms with van der Waals surface area (Å²) in [5.74, 6) is -0.807. The maximum absolute atomic E-state index is 12.5. The highest BCUT2D eigenvalue weighted by molar-refractivity contribution is 6.32. The molecule has 0 bridgehead atoms. The second kappa shape index (κ2) is 7.85. The quantitative estimate of drug-likeness (QED) is 0.812. The van der Waals surface area contributed by atoms with Crippen LogP contribution in [-0.4, -0.2) is 37.3 Å². The number of methoxy groups -OCH3 is 2. The molecule has 2 atom stereocenters. The number of anilines is 1. The summed E-state index contributed by atoms with van der Waals surface area (Å²) in [5, 5.41) is 12.2. The SMILES string of the molecule is COc1cccc(C2OC(CC(=O)O)C(=O)Nc3cccc(Cl)c32)c1OC. The van der Waals surface area contributed by atoms with E-state index in [0.717, 1.165) is 0 Å². The molecule has 2 aromatic carbocycles. The second-order valence-electron chi connectivity index (χ2n) is 5.88. The standard InChI is InChI=1S/C19H18ClNO6/c1-25-13-8-3-5-10(17(13)26-2)18-16-11(20)6-4-7-12(16)21-19(24)14(27-18)9-15(22)23/h3-8,14,18H,9H2,1-2H3,(H,21,24)(H,22,23).